The zero-order chi connectivity index (χ0) is 13.1. The van der Waals surface area contributed by atoms with Crippen molar-refractivity contribution in [3.05, 3.63) is 0 Å². The number of carbonyl (C=O) groups excluding carboxylic acids is 1. The molecular weight excluding hydrogens is 240 g/mol. The SMILES string of the molecule is COC1CCN(C(=O)NC2COCC2C(=O)O)C1. The van der Waals surface area contributed by atoms with Crippen molar-refractivity contribution >= 4 is 12.0 Å². The normalized spacial score (nSPS) is 31.6. The fraction of sp³-hybridized carbons (Fsp3) is 0.818. The van der Waals surface area contributed by atoms with E-state index in [0.29, 0.717) is 13.1 Å². The Labute approximate surface area is 105 Å². The van der Waals surface area contributed by atoms with Crippen LogP contribution in [0.25, 0.3) is 0 Å². The van der Waals surface area contributed by atoms with Gasteiger partial charge in [-0.1, -0.05) is 0 Å². The number of ether oxygens (including phenoxy) is 2. The molecule has 0 aromatic heterocycles. The molecule has 2 saturated heterocycles. The molecule has 0 radical (unpaired) electrons. The summed E-state index contributed by atoms with van der Waals surface area (Å²) in [4.78, 5) is 24.5. The van der Waals surface area contributed by atoms with Crippen molar-refractivity contribution in [2.24, 2.45) is 5.92 Å². The summed E-state index contributed by atoms with van der Waals surface area (Å²) in [6.45, 7) is 1.59. The number of hydrogen-bond donors (Lipinski definition) is 2. The monoisotopic (exact) mass is 258 g/mol. The molecule has 2 aliphatic heterocycles. The molecule has 0 aromatic rings. The lowest BCUT2D eigenvalue weighted by atomic mass is 10.0. The third-order valence-corrected chi connectivity index (χ3v) is 3.47. The van der Waals surface area contributed by atoms with Crippen LogP contribution in [0.15, 0.2) is 0 Å². The standard InChI is InChI=1S/C11H18N2O5/c1-17-7-2-3-13(4-7)11(16)12-9-6-18-5-8(9)10(14)15/h7-9H,2-6H2,1H3,(H,12,16)(H,14,15). The molecule has 2 heterocycles. The highest BCUT2D eigenvalue weighted by atomic mass is 16.5. The Morgan fingerprint density at radius 2 is 2.22 bits per heavy atom. The van der Waals surface area contributed by atoms with Gasteiger partial charge in [-0.15, -0.1) is 0 Å². The van der Waals surface area contributed by atoms with Crippen molar-refractivity contribution in [1.29, 1.82) is 0 Å². The van der Waals surface area contributed by atoms with Gasteiger partial charge in [-0.3, -0.25) is 4.79 Å². The minimum absolute atomic E-state index is 0.0749. The maximum atomic E-state index is 11.9. The van der Waals surface area contributed by atoms with Crippen LogP contribution in [-0.4, -0.2) is 67.6 Å². The van der Waals surface area contributed by atoms with Gasteiger partial charge in [0.25, 0.3) is 0 Å². The summed E-state index contributed by atoms with van der Waals surface area (Å²) in [6.07, 6.45) is 0.888. The largest absolute Gasteiger partial charge is 0.481 e. The Hall–Kier alpha value is -1.34. The molecule has 7 nitrogen and oxygen atoms in total. The summed E-state index contributed by atoms with van der Waals surface area (Å²) in [5, 5.41) is 11.7. The van der Waals surface area contributed by atoms with Gasteiger partial charge in [-0.05, 0) is 6.42 Å². The molecule has 0 aromatic carbocycles. The number of urea groups is 1. The topological polar surface area (TPSA) is 88.1 Å². The number of carbonyl (C=O) groups is 2. The summed E-state index contributed by atoms with van der Waals surface area (Å²) in [6, 6.07) is -0.687. The molecular formula is C11H18N2O5. The Morgan fingerprint density at radius 1 is 1.44 bits per heavy atom. The first-order valence-electron chi connectivity index (χ1n) is 6.00. The van der Waals surface area contributed by atoms with Crippen molar-refractivity contribution in [1.82, 2.24) is 10.2 Å². The van der Waals surface area contributed by atoms with Gasteiger partial charge in [-0.2, -0.15) is 0 Å². The van der Waals surface area contributed by atoms with E-state index in [0.717, 1.165) is 6.42 Å². The van der Waals surface area contributed by atoms with E-state index in [1.165, 1.54) is 0 Å². The number of rotatable bonds is 3. The van der Waals surface area contributed by atoms with Gasteiger partial charge in [0, 0.05) is 20.2 Å². The Bertz CT molecular complexity index is 335. The summed E-state index contributed by atoms with van der Waals surface area (Å²) in [5.41, 5.74) is 0. The second kappa shape index (κ2) is 5.53. The average molecular weight is 258 g/mol. The molecule has 3 atom stereocenters. The minimum atomic E-state index is -0.936. The molecule has 2 fully saturated rings. The highest BCUT2D eigenvalue weighted by Gasteiger charge is 2.36. The maximum absolute atomic E-state index is 11.9. The minimum Gasteiger partial charge on any atom is -0.481 e. The predicted octanol–water partition coefficient (Wildman–Crippen LogP) is -0.484. The highest BCUT2D eigenvalue weighted by Crippen LogP contribution is 2.16. The molecule has 18 heavy (non-hydrogen) atoms. The number of carboxylic acids is 1. The zero-order valence-electron chi connectivity index (χ0n) is 10.3. The molecule has 2 N–H and O–H groups in total. The van der Waals surface area contributed by atoms with Gasteiger partial charge in [0.05, 0.1) is 25.4 Å². The molecule has 3 unspecified atom stereocenters. The first kappa shape index (κ1) is 13.1. The predicted molar refractivity (Wildman–Crippen MR) is 61.3 cm³/mol. The van der Waals surface area contributed by atoms with E-state index in [9.17, 15) is 9.59 Å². The maximum Gasteiger partial charge on any atom is 0.317 e. The summed E-state index contributed by atoms with van der Waals surface area (Å²) >= 11 is 0. The average Bonchev–Trinajstić information content (AvgIpc) is 2.96. The van der Waals surface area contributed by atoms with Crippen LogP contribution >= 0.6 is 0 Å². The molecule has 2 amide bonds. The van der Waals surface area contributed by atoms with E-state index in [1.807, 2.05) is 0 Å². The quantitative estimate of drug-likeness (QED) is 0.713. The van der Waals surface area contributed by atoms with Crippen LogP contribution in [0.1, 0.15) is 6.42 Å². The molecule has 2 aliphatic rings. The number of hydrogen-bond acceptors (Lipinski definition) is 4. The molecule has 0 saturated carbocycles. The van der Waals surface area contributed by atoms with Crippen LogP contribution in [0.3, 0.4) is 0 Å². The highest BCUT2D eigenvalue weighted by molar-refractivity contribution is 5.77. The van der Waals surface area contributed by atoms with Gasteiger partial charge >= 0.3 is 12.0 Å². The molecule has 7 heteroatoms. The fourth-order valence-electron chi connectivity index (χ4n) is 2.29. The number of aliphatic carboxylic acids is 1. The van der Waals surface area contributed by atoms with Crippen LogP contribution in [0, 0.1) is 5.92 Å². The number of carboxylic acid groups (broad SMARTS) is 1. The third-order valence-electron chi connectivity index (χ3n) is 3.47. The number of amides is 2. The number of likely N-dealkylation sites (tertiary alicyclic amines) is 1. The third kappa shape index (κ3) is 2.73. The van der Waals surface area contributed by atoms with E-state index >= 15 is 0 Å². The zero-order valence-corrected chi connectivity index (χ0v) is 10.3. The van der Waals surface area contributed by atoms with Crippen molar-refractivity contribution in [2.45, 2.75) is 18.6 Å². The van der Waals surface area contributed by atoms with Crippen molar-refractivity contribution in [2.75, 3.05) is 33.4 Å². The Morgan fingerprint density at radius 3 is 2.83 bits per heavy atom. The van der Waals surface area contributed by atoms with Gasteiger partial charge < -0.3 is 24.8 Å². The van der Waals surface area contributed by atoms with Gasteiger partial charge in [0.15, 0.2) is 0 Å². The lowest BCUT2D eigenvalue weighted by molar-refractivity contribution is -0.142. The lowest BCUT2D eigenvalue weighted by Gasteiger charge is -2.21. The van der Waals surface area contributed by atoms with Crippen LogP contribution < -0.4 is 5.32 Å². The van der Waals surface area contributed by atoms with E-state index in [2.05, 4.69) is 5.32 Å². The smallest absolute Gasteiger partial charge is 0.317 e. The summed E-state index contributed by atoms with van der Waals surface area (Å²) in [5.74, 6) is -1.59. The molecule has 0 bridgehead atoms. The van der Waals surface area contributed by atoms with Crippen molar-refractivity contribution in [3.63, 3.8) is 0 Å². The Kier molecular flexibility index (Phi) is 4.03. The lowest BCUT2D eigenvalue weighted by Crippen LogP contribution is -2.48. The molecule has 0 aliphatic carbocycles. The van der Waals surface area contributed by atoms with Crippen molar-refractivity contribution in [3.8, 4) is 0 Å². The van der Waals surface area contributed by atoms with Gasteiger partial charge in [0.2, 0.25) is 0 Å². The first-order chi connectivity index (χ1) is 8.61. The summed E-state index contributed by atoms with van der Waals surface area (Å²) in [7, 11) is 1.62. The summed E-state index contributed by atoms with van der Waals surface area (Å²) < 4.78 is 10.3. The van der Waals surface area contributed by atoms with Crippen LogP contribution in [0.4, 0.5) is 4.79 Å². The van der Waals surface area contributed by atoms with E-state index < -0.39 is 17.9 Å². The second-order valence-corrected chi connectivity index (χ2v) is 4.63. The fourth-order valence-corrected chi connectivity index (χ4v) is 2.29. The number of nitrogens with one attached hydrogen (secondary N) is 1. The Balaban J connectivity index is 1.86. The second-order valence-electron chi connectivity index (χ2n) is 4.63. The van der Waals surface area contributed by atoms with E-state index in [1.54, 1.807) is 12.0 Å². The first-order valence-corrected chi connectivity index (χ1v) is 6.00. The molecule has 102 valence electrons. The van der Waals surface area contributed by atoms with Crippen LogP contribution in [-0.2, 0) is 14.3 Å². The number of methoxy groups -OCH3 is 1. The molecule has 0 spiro atoms. The van der Waals surface area contributed by atoms with Gasteiger partial charge in [-0.25, -0.2) is 4.79 Å². The van der Waals surface area contributed by atoms with Crippen LogP contribution in [0.2, 0.25) is 0 Å². The molecule has 2 rings (SSSR count). The van der Waals surface area contributed by atoms with Crippen molar-refractivity contribution < 1.29 is 24.2 Å². The van der Waals surface area contributed by atoms with E-state index in [4.69, 9.17) is 14.6 Å². The van der Waals surface area contributed by atoms with Gasteiger partial charge in [0.1, 0.15) is 5.92 Å². The van der Waals surface area contributed by atoms with E-state index in [-0.39, 0.29) is 25.3 Å². The van der Waals surface area contributed by atoms with Crippen LogP contribution in [0.5, 0.6) is 0 Å². The number of nitrogens with zero attached hydrogens (tertiary/aromatic N) is 1.